The van der Waals surface area contributed by atoms with Gasteiger partial charge in [0.15, 0.2) is 5.75 Å². The minimum atomic E-state index is -0.0355. The highest BCUT2D eigenvalue weighted by Gasteiger charge is 2.36. The van der Waals surface area contributed by atoms with Crippen LogP contribution in [0, 0.1) is 5.92 Å². The Morgan fingerprint density at radius 3 is 2.87 bits per heavy atom. The van der Waals surface area contributed by atoms with Crippen molar-refractivity contribution in [3.05, 3.63) is 36.0 Å². The van der Waals surface area contributed by atoms with Gasteiger partial charge in [0, 0.05) is 24.2 Å². The lowest BCUT2D eigenvalue weighted by Crippen LogP contribution is -2.49. The maximum Gasteiger partial charge on any atom is 0.257 e. The van der Waals surface area contributed by atoms with Gasteiger partial charge >= 0.3 is 0 Å². The number of rotatable bonds is 1. The Bertz CT molecular complexity index is 741. The van der Waals surface area contributed by atoms with E-state index in [1.807, 2.05) is 23.1 Å². The Morgan fingerprint density at radius 1 is 1.13 bits per heavy atom. The van der Waals surface area contributed by atoms with E-state index in [1.54, 1.807) is 12.3 Å². The molecule has 1 saturated heterocycles. The van der Waals surface area contributed by atoms with Crippen molar-refractivity contribution >= 4 is 16.8 Å². The number of hydrogen-bond acceptors (Lipinski definition) is 3. The highest BCUT2D eigenvalue weighted by Crippen LogP contribution is 2.37. The van der Waals surface area contributed by atoms with E-state index in [9.17, 15) is 9.90 Å². The van der Waals surface area contributed by atoms with Crippen LogP contribution in [0.3, 0.4) is 0 Å². The summed E-state index contributed by atoms with van der Waals surface area (Å²) < 4.78 is 0. The molecule has 0 spiro atoms. The number of phenolic OH excluding ortho intramolecular Hbond substituents is 1. The average molecular weight is 310 g/mol. The molecule has 2 heterocycles. The quantitative estimate of drug-likeness (QED) is 0.873. The summed E-state index contributed by atoms with van der Waals surface area (Å²) in [6, 6.07) is 7.70. The summed E-state index contributed by atoms with van der Waals surface area (Å²) in [6.45, 7) is 0.805. The summed E-state index contributed by atoms with van der Waals surface area (Å²) in [4.78, 5) is 19.3. The van der Waals surface area contributed by atoms with Crippen molar-refractivity contribution in [3.8, 4) is 5.75 Å². The van der Waals surface area contributed by atoms with Crippen LogP contribution in [0.25, 0.3) is 10.9 Å². The summed E-state index contributed by atoms with van der Waals surface area (Å²) in [5, 5.41) is 11.4. The second kappa shape index (κ2) is 5.84. The van der Waals surface area contributed by atoms with Crippen molar-refractivity contribution in [3.63, 3.8) is 0 Å². The number of carbonyl (C=O) groups is 1. The van der Waals surface area contributed by atoms with Crippen molar-refractivity contribution in [1.29, 1.82) is 0 Å². The second-order valence-electron chi connectivity index (χ2n) is 6.79. The molecule has 0 radical (unpaired) electrons. The summed E-state index contributed by atoms with van der Waals surface area (Å²) in [6.07, 6.45) is 8.78. The summed E-state index contributed by atoms with van der Waals surface area (Å²) >= 11 is 0. The highest BCUT2D eigenvalue weighted by molar-refractivity contribution is 6.02. The highest BCUT2D eigenvalue weighted by atomic mass is 16.3. The predicted molar refractivity (Wildman–Crippen MR) is 89.4 cm³/mol. The molecule has 1 N–H and O–H groups in total. The molecule has 4 rings (SSSR count). The number of phenols is 1. The van der Waals surface area contributed by atoms with Crippen molar-refractivity contribution in [2.75, 3.05) is 6.54 Å². The third-order valence-electron chi connectivity index (χ3n) is 5.48. The van der Waals surface area contributed by atoms with Crippen LogP contribution in [0.15, 0.2) is 30.5 Å². The van der Waals surface area contributed by atoms with Crippen LogP contribution in [0.2, 0.25) is 0 Å². The zero-order chi connectivity index (χ0) is 15.8. The van der Waals surface area contributed by atoms with E-state index in [-0.39, 0.29) is 11.7 Å². The van der Waals surface area contributed by atoms with Crippen molar-refractivity contribution in [2.45, 2.75) is 44.6 Å². The van der Waals surface area contributed by atoms with Crippen LogP contribution in [0.1, 0.15) is 48.9 Å². The minimum absolute atomic E-state index is 0.0195. The standard InChI is InChI=1S/C19H22N2O2/c22-18-15(10-9-14-6-3-11-20-17(14)18)19(23)21-12-4-7-13-5-1-2-8-16(13)21/h3,6,9-11,13,16,22H,1-2,4-5,7-8,12H2. The van der Waals surface area contributed by atoms with Gasteiger partial charge < -0.3 is 10.0 Å². The number of carbonyl (C=O) groups excluding carboxylic acids is 1. The summed E-state index contributed by atoms with van der Waals surface area (Å²) in [5.74, 6) is 0.625. The molecule has 0 bridgehead atoms. The molecule has 23 heavy (non-hydrogen) atoms. The van der Waals surface area contributed by atoms with E-state index in [0.717, 1.165) is 24.8 Å². The maximum absolute atomic E-state index is 13.1. The Hall–Kier alpha value is -2.10. The lowest BCUT2D eigenvalue weighted by atomic mass is 9.78. The van der Waals surface area contributed by atoms with Gasteiger partial charge in [0.05, 0.1) is 5.56 Å². The molecule has 2 aliphatic rings. The fourth-order valence-electron chi connectivity index (χ4n) is 4.33. The fourth-order valence-corrected chi connectivity index (χ4v) is 4.33. The molecular formula is C19H22N2O2. The molecule has 2 atom stereocenters. The summed E-state index contributed by atoms with van der Waals surface area (Å²) in [7, 11) is 0. The summed E-state index contributed by atoms with van der Waals surface area (Å²) in [5.41, 5.74) is 0.901. The number of piperidine rings is 1. The molecule has 4 nitrogen and oxygen atoms in total. The average Bonchev–Trinajstić information content (AvgIpc) is 2.61. The zero-order valence-corrected chi connectivity index (χ0v) is 13.2. The first-order valence-corrected chi connectivity index (χ1v) is 8.63. The molecule has 4 heteroatoms. The minimum Gasteiger partial charge on any atom is -0.505 e. The van der Waals surface area contributed by atoms with Crippen molar-refractivity contribution < 1.29 is 9.90 Å². The van der Waals surface area contributed by atoms with E-state index in [2.05, 4.69) is 4.98 Å². The first-order valence-electron chi connectivity index (χ1n) is 8.63. The molecule has 2 unspecified atom stereocenters. The Kier molecular flexibility index (Phi) is 3.68. The Morgan fingerprint density at radius 2 is 1.96 bits per heavy atom. The number of fused-ring (bicyclic) bond motifs is 2. The molecule has 1 aromatic carbocycles. The first kappa shape index (κ1) is 14.5. The molecule has 120 valence electrons. The van der Waals surface area contributed by atoms with Gasteiger partial charge in [-0.25, -0.2) is 0 Å². The topological polar surface area (TPSA) is 53.4 Å². The van der Waals surface area contributed by atoms with Crippen molar-refractivity contribution in [1.82, 2.24) is 9.88 Å². The molecule has 1 amide bonds. The van der Waals surface area contributed by atoms with Gasteiger partial charge in [0.25, 0.3) is 5.91 Å². The van der Waals surface area contributed by atoms with Gasteiger partial charge in [0.2, 0.25) is 0 Å². The third kappa shape index (κ3) is 2.46. The molecule has 2 fully saturated rings. The maximum atomic E-state index is 13.1. The van der Waals surface area contributed by atoms with Crippen LogP contribution in [-0.4, -0.2) is 33.5 Å². The smallest absolute Gasteiger partial charge is 0.257 e. The van der Waals surface area contributed by atoms with Gasteiger partial charge in [-0.3, -0.25) is 9.78 Å². The number of likely N-dealkylation sites (tertiary alicyclic amines) is 1. The second-order valence-corrected chi connectivity index (χ2v) is 6.79. The molecule has 1 saturated carbocycles. The molecule has 1 aliphatic heterocycles. The van der Waals surface area contributed by atoms with Crippen LogP contribution in [0.4, 0.5) is 0 Å². The van der Waals surface area contributed by atoms with Gasteiger partial charge in [-0.15, -0.1) is 0 Å². The normalized spacial score (nSPS) is 24.4. The van der Waals surface area contributed by atoms with E-state index >= 15 is 0 Å². The lowest BCUT2D eigenvalue weighted by Gasteiger charge is -2.44. The SMILES string of the molecule is O=C(c1ccc2cccnc2c1O)N1CCCC2CCCCC21. The molecule has 1 aromatic heterocycles. The van der Waals surface area contributed by atoms with Crippen LogP contribution >= 0.6 is 0 Å². The Balaban J connectivity index is 1.69. The monoisotopic (exact) mass is 310 g/mol. The van der Waals surface area contributed by atoms with Gasteiger partial charge in [-0.1, -0.05) is 25.0 Å². The van der Waals surface area contributed by atoms with Crippen LogP contribution < -0.4 is 0 Å². The van der Waals surface area contributed by atoms with Crippen LogP contribution in [0.5, 0.6) is 5.75 Å². The van der Waals surface area contributed by atoms with Crippen molar-refractivity contribution in [2.24, 2.45) is 5.92 Å². The predicted octanol–water partition coefficient (Wildman–Crippen LogP) is 3.74. The number of aromatic hydroxyl groups is 1. The van der Waals surface area contributed by atoms with E-state index in [0.29, 0.717) is 23.0 Å². The molecule has 2 aromatic rings. The van der Waals surface area contributed by atoms with Gasteiger partial charge in [-0.05, 0) is 43.7 Å². The van der Waals surface area contributed by atoms with Gasteiger partial charge in [0.1, 0.15) is 5.52 Å². The van der Waals surface area contributed by atoms with E-state index in [1.165, 1.54) is 25.7 Å². The number of benzene rings is 1. The number of amides is 1. The number of pyridine rings is 1. The largest absolute Gasteiger partial charge is 0.505 e. The van der Waals surface area contributed by atoms with E-state index in [4.69, 9.17) is 0 Å². The number of aromatic nitrogens is 1. The van der Waals surface area contributed by atoms with Gasteiger partial charge in [-0.2, -0.15) is 0 Å². The number of nitrogens with zero attached hydrogens (tertiary/aromatic N) is 2. The third-order valence-corrected chi connectivity index (χ3v) is 5.48. The zero-order valence-electron chi connectivity index (χ0n) is 13.2. The lowest BCUT2D eigenvalue weighted by molar-refractivity contribution is 0.0388. The number of hydrogen-bond donors (Lipinski definition) is 1. The fraction of sp³-hybridized carbons (Fsp3) is 0.474. The molecule has 1 aliphatic carbocycles. The first-order chi connectivity index (χ1) is 11.3. The Labute approximate surface area is 136 Å². The van der Waals surface area contributed by atoms with E-state index < -0.39 is 0 Å². The molecular weight excluding hydrogens is 288 g/mol. The van der Waals surface area contributed by atoms with Crippen LogP contribution in [-0.2, 0) is 0 Å².